The maximum absolute atomic E-state index is 12.8. The Kier molecular flexibility index (Phi) is 5.82. The van der Waals surface area contributed by atoms with E-state index in [0.717, 1.165) is 9.87 Å². The van der Waals surface area contributed by atoms with Crippen molar-refractivity contribution in [2.45, 2.75) is 11.4 Å². The summed E-state index contributed by atoms with van der Waals surface area (Å²) in [6.45, 7) is -0.406. The van der Waals surface area contributed by atoms with Crippen molar-refractivity contribution in [2.75, 3.05) is 13.7 Å². The number of hydrogen-bond donors (Lipinski definition) is 1. The summed E-state index contributed by atoms with van der Waals surface area (Å²) in [6, 6.07) is 13.0. The largest absolute Gasteiger partial charge is 0.495 e. The molecule has 0 saturated heterocycles. The highest BCUT2D eigenvalue weighted by molar-refractivity contribution is 7.89. The second-order valence-electron chi connectivity index (χ2n) is 5.02. The Morgan fingerprint density at radius 2 is 1.88 bits per heavy atom. The van der Waals surface area contributed by atoms with Crippen LogP contribution in [0.4, 0.5) is 0 Å². The van der Waals surface area contributed by atoms with Gasteiger partial charge in [-0.15, -0.1) is 0 Å². The normalized spacial score (nSPS) is 11.5. The highest BCUT2D eigenvalue weighted by Crippen LogP contribution is 2.28. The Bertz CT molecular complexity index is 825. The zero-order chi connectivity index (χ0) is 17.7. The number of carbonyl (C=O) groups excluding carboxylic acids is 1. The second kappa shape index (κ2) is 7.65. The van der Waals surface area contributed by atoms with Gasteiger partial charge in [0.1, 0.15) is 5.75 Å². The molecule has 0 radical (unpaired) electrons. The number of ether oxygens (including phenoxy) is 1. The second-order valence-corrected chi connectivity index (χ2v) is 7.37. The fraction of sp³-hybridized carbons (Fsp3) is 0.188. The number of nitrogens with two attached hydrogens (primary N) is 1. The SMILES string of the molecule is COc1ccc(S(=O)(=O)N(CC(N)=O)Cc2ccccc2)cc1Cl. The fourth-order valence-electron chi connectivity index (χ4n) is 2.14. The summed E-state index contributed by atoms with van der Waals surface area (Å²) < 4.78 is 31.7. The molecule has 1 amide bonds. The van der Waals surface area contributed by atoms with Crippen molar-refractivity contribution < 1.29 is 17.9 Å². The first-order valence-corrected chi connectivity index (χ1v) is 8.82. The van der Waals surface area contributed by atoms with Gasteiger partial charge in [-0.05, 0) is 23.8 Å². The van der Waals surface area contributed by atoms with Crippen molar-refractivity contribution in [1.82, 2.24) is 4.31 Å². The third-order valence-corrected chi connectivity index (χ3v) is 5.38. The van der Waals surface area contributed by atoms with Crippen LogP contribution in [0.5, 0.6) is 5.75 Å². The van der Waals surface area contributed by atoms with Gasteiger partial charge in [-0.2, -0.15) is 4.31 Å². The Morgan fingerprint density at radius 3 is 2.42 bits per heavy atom. The van der Waals surface area contributed by atoms with Gasteiger partial charge in [0, 0.05) is 6.54 Å². The molecule has 0 aliphatic rings. The van der Waals surface area contributed by atoms with Crippen LogP contribution in [0.1, 0.15) is 5.56 Å². The van der Waals surface area contributed by atoms with E-state index >= 15 is 0 Å². The van der Waals surface area contributed by atoms with Crippen LogP contribution in [0.25, 0.3) is 0 Å². The van der Waals surface area contributed by atoms with Crippen molar-refractivity contribution in [3.8, 4) is 5.75 Å². The fourth-order valence-corrected chi connectivity index (χ4v) is 3.89. The van der Waals surface area contributed by atoms with Crippen molar-refractivity contribution in [1.29, 1.82) is 0 Å². The summed E-state index contributed by atoms with van der Waals surface area (Å²) >= 11 is 6.01. The van der Waals surface area contributed by atoms with E-state index in [1.807, 2.05) is 6.07 Å². The number of halogens is 1. The molecule has 8 heteroatoms. The number of hydrogen-bond acceptors (Lipinski definition) is 4. The van der Waals surface area contributed by atoms with Gasteiger partial charge >= 0.3 is 0 Å². The van der Waals surface area contributed by atoms with Crippen molar-refractivity contribution in [2.24, 2.45) is 5.73 Å². The summed E-state index contributed by atoms with van der Waals surface area (Å²) in [5.41, 5.74) is 5.94. The van der Waals surface area contributed by atoms with Crippen LogP contribution in [-0.2, 0) is 21.4 Å². The molecule has 0 unspecified atom stereocenters. The molecule has 0 saturated carbocycles. The molecule has 24 heavy (non-hydrogen) atoms. The van der Waals surface area contributed by atoms with Crippen LogP contribution in [0.15, 0.2) is 53.4 Å². The molecule has 0 bridgehead atoms. The van der Waals surface area contributed by atoms with Gasteiger partial charge in [0.2, 0.25) is 15.9 Å². The van der Waals surface area contributed by atoms with Gasteiger partial charge in [-0.1, -0.05) is 41.9 Å². The van der Waals surface area contributed by atoms with E-state index < -0.39 is 22.5 Å². The first-order valence-electron chi connectivity index (χ1n) is 7.00. The Morgan fingerprint density at radius 1 is 1.21 bits per heavy atom. The first-order chi connectivity index (χ1) is 11.3. The molecule has 0 fully saturated rings. The van der Waals surface area contributed by atoms with Gasteiger partial charge in [0.15, 0.2) is 0 Å². The monoisotopic (exact) mass is 368 g/mol. The van der Waals surface area contributed by atoms with E-state index in [0.29, 0.717) is 5.75 Å². The Balaban J connectivity index is 2.39. The molecule has 0 spiro atoms. The molecular weight excluding hydrogens is 352 g/mol. The lowest BCUT2D eigenvalue weighted by Crippen LogP contribution is -2.38. The smallest absolute Gasteiger partial charge is 0.243 e. The summed E-state index contributed by atoms with van der Waals surface area (Å²) in [6.07, 6.45) is 0. The van der Waals surface area contributed by atoms with Crippen LogP contribution >= 0.6 is 11.6 Å². The molecular formula is C16H17ClN2O4S. The molecule has 2 rings (SSSR count). The van der Waals surface area contributed by atoms with Crippen LogP contribution in [0.2, 0.25) is 5.02 Å². The maximum Gasteiger partial charge on any atom is 0.243 e. The molecule has 2 aromatic carbocycles. The molecule has 0 atom stereocenters. The van der Waals surface area contributed by atoms with E-state index in [-0.39, 0.29) is 16.5 Å². The molecule has 0 aliphatic carbocycles. The molecule has 6 nitrogen and oxygen atoms in total. The number of primary amides is 1. The minimum absolute atomic E-state index is 0.0236. The van der Waals surface area contributed by atoms with Crippen LogP contribution < -0.4 is 10.5 Å². The van der Waals surface area contributed by atoms with E-state index in [1.54, 1.807) is 24.3 Å². The lowest BCUT2D eigenvalue weighted by molar-refractivity contribution is -0.118. The lowest BCUT2D eigenvalue weighted by atomic mass is 10.2. The molecule has 0 aliphatic heterocycles. The number of methoxy groups -OCH3 is 1. The van der Waals surface area contributed by atoms with Crippen molar-refractivity contribution in [3.63, 3.8) is 0 Å². The summed E-state index contributed by atoms with van der Waals surface area (Å²) in [5.74, 6) is -0.380. The number of rotatable bonds is 7. The molecule has 128 valence electrons. The van der Waals surface area contributed by atoms with Gasteiger partial charge < -0.3 is 10.5 Å². The van der Waals surface area contributed by atoms with E-state index in [9.17, 15) is 13.2 Å². The van der Waals surface area contributed by atoms with Gasteiger partial charge in [0.25, 0.3) is 0 Å². The molecule has 0 heterocycles. The minimum atomic E-state index is -3.95. The van der Waals surface area contributed by atoms with Gasteiger partial charge in [-0.3, -0.25) is 4.79 Å². The number of amides is 1. The number of benzene rings is 2. The van der Waals surface area contributed by atoms with Gasteiger partial charge in [0.05, 0.1) is 23.6 Å². The van der Waals surface area contributed by atoms with Crippen molar-refractivity contribution in [3.05, 3.63) is 59.1 Å². The molecule has 0 aromatic heterocycles. The zero-order valence-corrected chi connectivity index (χ0v) is 14.5. The predicted molar refractivity (Wildman–Crippen MR) is 91.2 cm³/mol. The van der Waals surface area contributed by atoms with Crippen LogP contribution in [0, 0.1) is 0 Å². The maximum atomic E-state index is 12.8. The van der Waals surface area contributed by atoms with Crippen molar-refractivity contribution >= 4 is 27.5 Å². The molecule has 2 N–H and O–H groups in total. The quantitative estimate of drug-likeness (QED) is 0.809. The lowest BCUT2D eigenvalue weighted by Gasteiger charge is -2.21. The van der Waals surface area contributed by atoms with Crippen LogP contribution in [-0.4, -0.2) is 32.3 Å². The third kappa shape index (κ3) is 4.25. The topological polar surface area (TPSA) is 89.7 Å². The first kappa shape index (κ1) is 18.3. The average Bonchev–Trinajstić information content (AvgIpc) is 2.54. The summed E-state index contributed by atoms with van der Waals surface area (Å²) in [7, 11) is -2.51. The highest BCUT2D eigenvalue weighted by atomic mass is 35.5. The van der Waals surface area contributed by atoms with E-state index in [1.165, 1.54) is 25.3 Å². The van der Waals surface area contributed by atoms with E-state index in [4.69, 9.17) is 22.1 Å². The predicted octanol–water partition coefficient (Wildman–Crippen LogP) is 2.02. The summed E-state index contributed by atoms with van der Waals surface area (Å²) in [5, 5.41) is 0.164. The van der Waals surface area contributed by atoms with Crippen LogP contribution in [0.3, 0.4) is 0 Å². The number of carbonyl (C=O) groups is 1. The Hall–Kier alpha value is -2.09. The number of sulfonamides is 1. The number of nitrogens with zero attached hydrogens (tertiary/aromatic N) is 1. The standard InChI is InChI=1S/C16H17ClN2O4S/c1-23-15-8-7-13(9-14(15)17)24(21,22)19(11-16(18)20)10-12-5-3-2-4-6-12/h2-9H,10-11H2,1H3,(H2,18,20). The Labute approximate surface area is 145 Å². The zero-order valence-electron chi connectivity index (χ0n) is 13.0. The highest BCUT2D eigenvalue weighted by Gasteiger charge is 2.27. The minimum Gasteiger partial charge on any atom is -0.495 e. The summed E-state index contributed by atoms with van der Waals surface area (Å²) in [4.78, 5) is 11.3. The molecule has 2 aromatic rings. The average molecular weight is 369 g/mol. The van der Waals surface area contributed by atoms with Gasteiger partial charge in [-0.25, -0.2) is 8.42 Å². The van der Waals surface area contributed by atoms with E-state index in [2.05, 4.69) is 0 Å². The third-order valence-electron chi connectivity index (χ3n) is 3.29.